The van der Waals surface area contributed by atoms with Crippen molar-refractivity contribution in [1.82, 2.24) is 5.32 Å². The summed E-state index contributed by atoms with van der Waals surface area (Å²) in [6, 6.07) is 2.84. The zero-order chi connectivity index (χ0) is 14.5. The first-order chi connectivity index (χ1) is 9.43. The third-order valence-electron chi connectivity index (χ3n) is 4.42. The number of nitrogens with one attached hydrogen (secondary N) is 1. The zero-order valence-electron chi connectivity index (χ0n) is 10.8. The minimum Gasteiger partial charge on any atom is -0.390 e. The van der Waals surface area contributed by atoms with Gasteiger partial charge in [-0.15, -0.1) is 0 Å². The Balaban J connectivity index is 1.93. The van der Waals surface area contributed by atoms with E-state index in [2.05, 4.69) is 5.32 Å². The Morgan fingerprint density at radius 2 is 1.75 bits per heavy atom. The second kappa shape index (κ2) is 4.73. The maximum atomic E-state index is 13.3. The van der Waals surface area contributed by atoms with Gasteiger partial charge in [0.05, 0.1) is 18.3 Å². The van der Waals surface area contributed by atoms with Gasteiger partial charge in [0.1, 0.15) is 11.6 Å². The van der Waals surface area contributed by atoms with Crippen molar-refractivity contribution in [3.05, 3.63) is 35.4 Å². The van der Waals surface area contributed by atoms with Gasteiger partial charge in [-0.25, -0.2) is 8.78 Å². The molecule has 0 radical (unpaired) electrons. The molecule has 4 N–H and O–H groups in total. The van der Waals surface area contributed by atoms with Crippen LogP contribution in [-0.2, 0) is 0 Å². The summed E-state index contributed by atoms with van der Waals surface area (Å²) < 4.78 is 26.5. The van der Waals surface area contributed by atoms with Crippen molar-refractivity contribution in [1.29, 1.82) is 0 Å². The Hall–Kier alpha value is -1.08. The topological polar surface area (TPSA) is 72.7 Å². The van der Waals surface area contributed by atoms with Crippen LogP contribution in [0.25, 0.3) is 0 Å². The van der Waals surface area contributed by atoms with Crippen molar-refractivity contribution < 1.29 is 24.1 Å². The van der Waals surface area contributed by atoms with Crippen LogP contribution in [0.3, 0.4) is 0 Å². The van der Waals surface area contributed by atoms with Crippen molar-refractivity contribution in [2.24, 2.45) is 5.92 Å². The second-order valence-corrected chi connectivity index (χ2v) is 5.77. The van der Waals surface area contributed by atoms with Crippen LogP contribution in [0, 0.1) is 17.6 Å². The first kappa shape index (κ1) is 13.9. The molecule has 6 heteroatoms. The van der Waals surface area contributed by atoms with Crippen LogP contribution in [0.5, 0.6) is 0 Å². The monoisotopic (exact) mass is 285 g/mol. The Bertz CT molecular complexity index is 501. The lowest BCUT2D eigenvalue weighted by Gasteiger charge is -2.42. The summed E-state index contributed by atoms with van der Waals surface area (Å²) in [4.78, 5) is 0. The highest BCUT2D eigenvalue weighted by molar-refractivity contribution is 5.25. The van der Waals surface area contributed by atoms with Gasteiger partial charge in [-0.05, 0) is 30.5 Å². The molecule has 1 spiro atoms. The number of halogens is 2. The number of rotatable bonds is 2. The molecule has 4 atom stereocenters. The fraction of sp³-hybridized carbons (Fsp3) is 0.571. The molecule has 3 rings (SSSR count). The molecule has 1 saturated carbocycles. The van der Waals surface area contributed by atoms with Gasteiger partial charge in [-0.1, -0.05) is 0 Å². The summed E-state index contributed by atoms with van der Waals surface area (Å²) in [6.07, 6.45) is -1.84. The number of aliphatic hydroxyl groups excluding tert-OH is 3. The van der Waals surface area contributed by atoms with E-state index in [1.54, 1.807) is 0 Å². The molecule has 2 fully saturated rings. The number of hydrogen-bond donors (Lipinski definition) is 4. The highest BCUT2D eigenvalue weighted by Gasteiger charge is 2.58. The summed E-state index contributed by atoms with van der Waals surface area (Å²) in [7, 11) is 0. The number of hydrogen-bond acceptors (Lipinski definition) is 4. The molecule has 0 aromatic heterocycles. The Morgan fingerprint density at radius 1 is 1.15 bits per heavy atom. The molecule has 1 heterocycles. The van der Waals surface area contributed by atoms with Crippen LogP contribution >= 0.6 is 0 Å². The number of piperidine rings is 1. The molecule has 1 aliphatic heterocycles. The molecule has 20 heavy (non-hydrogen) atoms. The van der Waals surface area contributed by atoms with Crippen molar-refractivity contribution in [2.75, 3.05) is 6.54 Å². The standard InChI is InChI=1S/C14H17F2NO3/c15-8-3-7(4-9(16)5-8)12(19)11-13(20)10(18)6-17-14(11)1-2-14/h3-5,10-13,17-20H,1-2,6H2/t10-,11-,12-,13+/m1/s1. The molecule has 4 nitrogen and oxygen atoms in total. The molecule has 0 amide bonds. The maximum absolute atomic E-state index is 13.3. The molecule has 0 unspecified atom stereocenters. The average molecular weight is 285 g/mol. The summed E-state index contributed by atoms with van der Waals surface area (Å²) in [5.41, 5.74) is -0.366. The van der Waals surface area contributed by atoms with Crippen LogP contribution in [0.1, 0.15) is 24.5 Å². The first-order valence-corrected chi connectivity index (χ1v) is 6.68. The van der Waals surface area contributed by atoms with Crippen LogP contribution in [-0.4, -0.2) is 39.6 Å². The third kappa shape index (κ3) is 2.22. The molecule has 1 aromatic carbocycles. The van der Waals surface area contributed by atoms with Crippen molar-refractivity contribution in [3.8, 4) is 0 Å². The SMILES string of the molecule is O[C@@H]1[C@@H]([C@H](O)c2cc(F)cc(F)c2)C2(CC2)NC[C@H]1O. The number of benzene rings is 1. The number of β-amino-alcohol motifs (C(OH)–C–C–N with tert-alkyl or cyclic N) is 1. The highest BCUT2D eigenvalue weighted by atomic mass is 19.1. The highest BCUT2D eigenvalue weighted by Crippen LogP contribution is 2.51. The quantitative estimate of drug-likeness (QED) is 0.637. The van der Waals surface area contributed by atoms with Crippen LogP contribution in [0.4, 0.5) is 8.78 Å². The predicted molar refractivity (Wildman–Crippen MR) is 66.8 cm³/mol. The zero-order valence-corrected chi connectivity index (χ0v) is 10.8. The number of aliphatic hydroxyl groups is 3. The smallest absolute Gasteiger partial charge is 0.126 e. The predicted octanol–water partition coefficient (Wildman–Crippen LogP) is 0.472. The molecule has 1 aliphatic carbocycles. The lowest BCUT2D eigenvalue weighted by Crippen LogP contribution is -2.59. The van der Waals surface area contributed by atoms with E-state index < -0.39 is 41.4 Å². The van der Waals surface area contributed by atoms with E-state index in [0.717, 1.165) is 31.0 Å². The first-order valence-electron chi connectivity index (χ1n) is 6.68. The van der Waals surface area contributed by atoms with E-state index in [0.29, 0.717) is 0 Å². The normalized spacial score (nSPS) is 33.1. The lowest BCUT2D eigenvalue weighted by atomic mass is 9.78. The van der Waals surface area contributed by atoms with Gasteiger partial charge < -0.3 is 20.6 Å². The van der Waals surface area contributed by atoms with Crippen LogP contribution in [0.2, 0.25) is 0 Å². The van der Waals surface area contributed by atoms with Crippen LogP contribution in [0.15, 0.2) is 18.2 Å². The van der Waals surface area contributed by atoms with Gasteiger partial charge in [0.25, 0.3) is 0 Å². The van der Waals surface area contributed by atoms with Gasteiger partial charge in [0, 0.05) is 24.1 Å². The van der Waals surface area contributed by atoms with E-state index in [1.165, 1.54) is 0 Å². The Morgan fingerprint density at radius 3 is 2.30 bits per heavy atom. The maximum Gasteiger partial charge on any atom is 0.126 e. The second-order valence-electron chi connectivity index (χ2n) is 5.77. The van der Waals surface area contributed by atoms with Crippen molar-refractivity contribution in [3.63, 3.8) is 0 Å². The fourth-order valence-corrected chi connectivity index (χ4v) is 3.20. The molecular formula is C14H17F2NO3. The molecule has 1 saturated heterocycles. The van der Waals surface area contributed by atoms with Crippen LogP contribution < -0.4 is 5.32 Å². The van der Waals surface area contributed by atoms with Gasteiger partial charge in [-0.3, -0.25) is 0 Å². The minimum atomic E-state index is -1.24. The molecule has 110 valence electrons. The molecule has 2 aliphatic rings. The third-order valence-corrected chi connectivity index (χ3v) is 4.42. The Kier molecular flexibility index (Phi) is 3.29. The fourth-order valence-electron chi connectivity index (χ4n) is 3.20. The van der Waals surface area contributed by atoms with E-state index >= 15 is 0 Å². The van der Waals surface area contributed by atoms with Gasteiger partial charge in [0.2, 0.25) is 0 Å². The summed E-state index contributed by atoms with van der Waals surface area (Å²) in [5.74, 6) is -2.24. The van der Waals surface area contributed by atoms with Gasteiger partial charge in [0.15, 0.2) is 0 Å². The summed E-state index contributed by atoms with van der Waals surface area (Å²) in [5, 5.41) is 33.4. The minimum absolute atomic E-state index is 0.0775. The van der Waals surface area contributed by atoms with Gasteiger partial charge in [-0.2, -0.15) is 0 Å². The average Bonchev–Trinajstić information content (AvgIpc) is 3.14. The Labute approximate surface area is 115 Å². The van der Waals surface area contributed by atoms with E-state index in [1.807, 2.05) is 0 Å². The summed E-state index contributed by atoms with van der Waals surface area (Å²) >= 11 is 0. The van der Waals surface area contributed by atoms with E-state index in [-0.39, 0.29) is 12.1 Å². The largest absolute Gasteiger partial charge is 0.390 e. The van der Waals surface area contributed by atoms with E-state index in [4.69, 9.17) is 0 Å². The molecule has 1 aromatic rings. The van der Waals surface area contributed by atoms with Gasteiger partial charge >= 0.3 is 0 Å². The van der Waals surface area contributed by atoms with Crippen molar-refractivity contribution in [2.45, 2.75) is 36.7 Å². The van der Waals surface area contributed by atoms with E-state index in [9.17, 15) is 24.1 Å². The lowest BCUT2D eigenvalue weighted by molar-refractivity contribution is -0.0990. The summed E-state index contributed by atoms with van der Waals surface area (Å²) in [6.45, 7) is 0.252. The van der Waals surface area contributed by atoms with Crippen molar-refractivity contribution >= 4 is 0 Å². The molecular weight excluding hydrogens is 268 g/mol. The molecule has 0 bridgehead atoms.